The molecule has 182 valence electrons. The molecule has 1 aliphatic rings. The minimum Gasteiger partial charge on any atom is -0.494 e. The number of aromatic carboxylic acids is 1. The van der Waals surface area contributed by atoms with E-state index in [0.717, 1.165) is 4.90 Å². The highest BCUT2D eigenvalue weighted by molar-refractivity contribution is 6.39. The third kappa shape index (κ3) is 5.41. The quantitative estimate of drug-likeness (QED) is 0.364. The lowest BCUT2D eigenvalue weighted by Gasteiger charge is -2.26. The number of benzene rings is 3. The standard InChI is InChI=1S/C27H22N2O7/c1-2-35-21-12-8-20(9-13-21)29-25(31)23(24(30)28-27(29)34)15-17-6-10-22(11-7-17)36-16-18-4-3-5-19(14-18)26(32)33/h3-15H,2,16H2,1H3,(H,32,33)(H,28,30,34)/b23-15-. The fourth-order valence-corrected chi connectivity index (χ4v) is 3.54. The first kappa shape index (κ1) is 24.2. The number of nitrogens with one attached hydrogen (secondary N) is 1. The van der Waals surface area contributed by atoms with Crippen molar-refractivity contribution in [2.45, 2.75) is 13.5 Å². The summed E-state index contributed by atoms with van der Waals surface area (Å²) < 4.78 is 11.1. The molecule has 1 fully saturated rings. The van der Waals surface area contributed by atoms with E-state index < -0.39 is 23.8 Å². The Balaban J connectivity index is 1.48. The molecule has 0 bridgehead atoms. The lowest BCUT2D eigenvalue weighted by atomic mass is 10.1. The van der Waals surface area contributed by atoms with Gasteiger partial charge in [-0.2, -0.15) is 0 Å². The molecule has 9 heteroatoms. The van der Waals surface area contributed by atoms with Crippen LogP contribution in [0, 0.1) is 0 Å². The number of hydrogen-bond donors (Lipinski definition) is 2. The van der Waals surface area contributed by atoms with Gasteiger partial charge in [-0.15, -0.1) is 0 Å². The number of hydrogen-bond acceptors (Lipinski definition) is 6. The zero-order valence-electron chi connectivity index (χ0n) is 19.3. The number of carboxylic acid groups (broad SMARTS) is 1. The van der Waals surface area contributed by atoms with Crippen LogP contribution in [0.1, 0.15) is 28.4 Å². The van der Waals surface area contributed by atoms with Crippen molar-refractivity contribution in [1.29, 1.82) is 0 Å². The predicted octanol–water partition coefficient (Wildman–Crippen LogP) is 4.03. The molecule has 0 unspecified atom stereocenters. The zero-order chi connectivity index (χ0) is 25.7. The first-order valence-electron chi connectivity index (χ1n) is 11.0. The molecule has 1 heterocycles. The number of nitrogens with zero attached hydrogens (tertiary/aromatic N) is 1. The van der Waals surface area contributed by atoms with Gasteiger partial charge in [0.1, 0.15) is 23.7 Å². The molecule has 2 N–H and O–H groups in total. The Bertz CT molecular complexity index is 1350. The Labute approximate surface area is 206 Å². The summed E-state index contributed by atoms with van der Waals surface area (Å²) in [5.74, 6) is -1.44. The van der Waals surface area contributed by atoms with Gasteiger partial charge in [-0.05, 0) is 72.7 Å². The maximum Gasteiger partial charge on any atom is 0.335 e. The third-order valence-corrected chi connectivity index (χ3v) is 5.28. The van der Waals surface area contributed by atoms with Crippen LogP contribution < -0.4 is 19.7 Å². The molecule has 0 aliphatic carbocycles. The minimum atomic E-state index is -1.02. The van der Waals surface area contributed by atoms with Crippen LogP contribution in [0.4, 0.5) is 10.5 Å². The van der Waals surface area contributed by atoms with Crippen molar-refractivity contribution in [3.63, 3.8) is 0 Å². The molecule has 9 nitrogen and oxygen atoms in total. The van der Waals surface area contributed by atoms with E-state index in [1.54, 1.807) is 60.7 Å². The summed E-state index contributed by atoms with van der Waals surface area (Å²) in [6, 6.07) is 18.6. The first-order valence-corrected chi connectivity index (χ1v) is 11.0. The molecule has 4 amide bonds. The van der Waals surface area contributed by atoms with Crippen molar-refractivity contribution in [2.75, 3.05) is 11.5 Å². The number of amides is 4. The van der Waals surface area contributed by atoms with E-state index in [-0.39, 0.29) is 17.7 Å². The average Bonchev–Trinajstić information content (AvgIpc) is 2.87. The lowest BCUT2D eigenvalue weighted by Crippen LogP contribution is -2.54. The SMILES string of the molecule is CCOc1ccc(N2C(=O)NC(=O)/C(=C/c3ccc(OCc4cccc(C(=O)O)c4)cc3)C2=O)cc1. The fourth-order valence-electron chi connectivity index (χ4n) is 3.54. The van der Waals surface area contributed by atoms with Crippen LogP contribution in [-0.4, -0.2) is 35.5 Å². The van der Waals surface area contributed by atoms with Gasteiger partial charge in [0.25, 0.3) is 11.8 Å². The third-order valence-electron chi connectivity index (χ3n) is 5.28. The van der Waals surface area contributed by atoms with Gasteiger partial charge >= 0.3 is 12.0 Å². The largest absolute Gasteiger partial charge is 0.494 e. The summed E-state index contributed by atoms with van der Waals surface area (Å²) in [5.41, 5.74) is 1.53. The lowest BCUT2D eigenvalue weighted by molar-refractivity contribution is -0.122. The molecule has 3 aromatic rings. The molecule has 0 radical (unpaired) electrons. The molecular weight excluding hydrogens is 464 g/mol. The van der Waals surface area contributed by atoms with Gasteiger partial charge in [-0.3, -0.25) is 14.9 Å². The van der Waals surface area contributed by atoms with E-state index in [1.807, 2.05) is 6.92 Å². The van der Waals surface area contributed by atoms with Gasteiger partial charge < -0.3 is 14.6 Å². The van der Waals surface area contributed by atoms with Crippen LogP contribution in [0.5, 0.6) is 11.5 Å². The van der Waals surface area contributed by atoms with Gasteiger partial charge in [0.05, 0.1) is 17.9 Å². The molecular formula is C27H22N2O7. The average molecular weight is 486 g/mol. The number of carboxylic acids is 1. The normalized spacial score (nSPS) is 14.5. The van der Waals surface area contributed by atoms with Crippen molar-refractivity contribution >= 4 is 35.6 Å². The highest BCUT2D eigenvalue weighted by atomic mass is 16.5. The summed E-state index contributed by atoms with van der Waals surface area (Å²) in [7, 11) is 0. The minimum absolute atomic E-state index is 0.168. The fraction of sp³-hybridized carbons (Fsp3) is 0.111. The zero-order valence-corrected chi connectivity index (χ0v) is 19.3. The number of urea groups is 1. The van der Waals surface area contributed by atoms with Crippen molar-refractivity contribution in [3.05, 3.63) is 95.1 Å². The van der Waals surface area contributed by atoms with E-state index in [2.05, 4.69) is 5.32 Å². The molecule has 3 aromatic carbocycles. The number of carbonyl (C=O) groups is 4. The van der Waals surface area contributed by atoms with Crippen LogP contribution in [0.2, 0.25) is 0 Å². The van der Waals surface area contributed by atoms with Gasteiger partial charge in [-0.25, -0.2) is 14.5 Å². The number of ether oxygens (including phenoxy) is 2. The second-order valence-electron chi connectivity index (χ2n) is 7.75. The monoisotopic (exact) mass is 486 g/mol. The second-order valence-corrected chi connectivity index (χ2v) is 7.75. The molecule has 0 atom stereocenters. The van der Waals surface area contributed by atoms with Crippen LogP contribution in [0.15, 0.2) is 78.4 Å². The predicted molar refractivity (Wildman–Crippen MR) is 131 cm³/mol. The van der Waals surface area contributed by atoms with Crippen molar-refractivity contribution in [3.8, 4) is 11.5 Å². The number of carbonyl (C=O) groups excluding carboxylic acids is 3. The van der Waals surface area contributed by atoms with Crippen LogP contribution >= 0.6 is 0 Å². The number of barbiturate groups is 1. The molecule has 1 saturated heterocycles. The molecule has 0 saturated carbocycles. The van der Waals surface area contributed by atoms with Crippen LogP contribution in [-0.2, 0) is 16.2 Å². The van der Waals surface area contributed by atoms with Crippen molar-refractivity contribution in [2.24, 2.45) is 0 Å². The molecule has 36 heavy (non-hydrogen) atoms. The van der Waals surface area contributed by atoms with E-state index in [0.29, 0.717) is 34.9 Å². The van der Waals surface area contributed by atoms with E-state index >= 15 is 0 Å². The number of rotatable bonds is 8. The van der Waals surface area contributed by atoms with E-state index in [9.17, 15) is 19.2 Å². The summed E-state index contributed by atoms with van der Waals surface area (Å²) in [6.07, 6.45) is 1.39. The molecule has 1 aliphatic heterocycles. The smallest absolute Gasteiger partial charge is 0.335 e. The first-order chi connectivity index (χ1) is 17.4. The summed E-state index contributed by atoms with van der Waals surface area (Å²) in [5, 5.41) is 11.3. The highest BCUT2D eigenvalue weighted by Gasteiger charge is 2.36. The maximum atomic E-state index is 13.0. The van der Waals surface area contributed by atoms with Crippen LogP contribution in [0.3, 0.4) is 0 Å². The topological polar surface area (TPSA) is 122 Å². The second kappa shape index (κ2) is 10.6. The van der Waals surface area contributed by atoms with Gasteiger partial charge in [-0.1, -0.05) is 24.3 Å². The summed E-state index contributed by atoms with van der Waals surface area (Å²) in [4.78, 5) is 49.8. The van der Waals surface area contributed by atoms with Crippen molar-refractivity contribution in [1.82, 2.24) is 5.32 Å². The molecule has 0 aromatic heterocycles. The Morgan fingerprint density at radius 1 is 0.944 bits per heavy atom. The molecule has 4 rings (SSSR count). The maximum absolute atomic E-state index is 13.0. The van der Waals surface area contributed by atoms with Gasteiger partial charge in [0.2, 0.25) is 0 Å². The molecule has 0 spiro atoms. The number of anilines is 1. The number of imide groups is 2. The van der Waals surface area contributed by atoms with Gasteiger partial charge in [0, 0.05) is 0 Å². The highest BCUT2D eigenvalue weighted by Crippen LogP contribution is 2.25. The Hall–Kier alpha value is -4.92. The Morgan fingerprint density at radius 3 is 2.28 bits per heavy atom. The van der Waals surface area contributed by atoms with E-state index in [1.165, 1.54) is 18.2 Å². The summed E-state index contributed by atoms with van der Waals surface area (Å²) >= 11 is 0. The van der Waals surface area contributed by atoms with Gasteiger partial charge in [0.15, 0.2) is 0 Å². The van der Waals surface area contributed by atoms with Crippen molar-refractivity contribution < 1.29 is 33.8 Å². The van der Waals surface area contributed by atoms with E-state index in [4.69, 9.17) is 14.6 Å². The Morgan fingerprint density at radius 2 is 1.61 bits per heavy atom. The summed E-state index contributed by atoms with van der Waals surface area (Å²) in [6.45, 7) is 2.49. The van der Waals surface area contributed by atoms with Crippen LogP contribution in [0.25, 0.3) is 6.08 Å². The Kier molecular flexibility index (Phi) is 7.10.